The van der Waals surface area contributed by atoms with Gasteiger partial charge in [-0.2, -0.15) is 0 Å². The highest BCUT2D eigenvalue weighted by atomic mass is 16.1. The van der Waals surface area contributed by atoms with E-state index < -0.39 is 0 Å². The minimum atomic E-state index is -0.206. The number of terminal acetylenes is 1. The summed E-state index contributed by atoms with van der Waals surface area (Å²) < 4.78 is 0. The van der Waals surface area contributed by atoms with E-state index in [0.29, 0.717) is 18.1 Å². The lowest BCUT2D eigenvalue weighted by molar-refractivity contribution is -0.126. The number of Topliss-reactive ketones (excluding diaryl/α,β-unsaturated/α-hetero) is 1. The Morgan fingerprint density at radius 3 is 2.87 bits per heavy atom. The molecule has 15 heavy (non-hydrogen) atoms. The summed E-state index contributed by atoms with van der Waals surface area (Å²) in [5.41, 5.74) is -0.206. The van der Waals surface area contributed by atoms with Crippen LogP contribution in [-0.2, 0) is 4.79 Å². The van der Waals surface area contributed by atoms with Gasteiger partial charge in [-0.15, -0.1) is 12.3 Å². The third kappa shape index (κ3) is 2.62. The fraction of sp³-hybridized carbons (Fsp3) is 0.786. The summed E-state index contributed by atoms with van der Waals surface area (Å²) in [6.45, 7) is 4.28. The summed E-state index contributed by atoms with van der Waals surface area (Å²) >= 11 is 0. The maximum Gasteiger partial charge on any atom is 0.139 e. The van der Waals surface area contributed by atoms with Gasteiger partial charge >= 0.3 is 0 Å². The lowest BCUT2D eigenvalue weighted by Gasteiger charge is -2.28. The lowest BCUT2D eigenvalue weighted by atomic mass is 9.74. The van der Waals surface area contributed by atoms with Gasteiger partial charge in [0.2, 0.25) is 0 Å². The van der Waals surface area contributed by atoms with Crippen LogP contribution in [0.5, 0.6) is 0 Å². The highest BCUT2D eigenvalue weighted by Crippen LogP contribution is 2.45. The molecule has 2 atom stereocenters. The normalized spacial score (nSPS) is 30.5. The summed E-state index contributed by atoms with van der Waals surface area (Å²) in [5, 5.41) is 0. The Morgan fingerprint density at radius 1 is 1.53 bits per heavy atom. The van der Waals surface area contributed by atoms with Crippen molar-refractivity contribution in [2.75, 3.05) is 0 Å². The Bertz CT molecular complexity index is 261. The van der Waals surface area contributed by atoms with E-state index in [4.69, 9.17) is 6.42 Å². The van der Waals surface area contributed by atoms with Crippen molar-refractivity contribution in [2.45, 2.75) is 58.8 Å². The van der Waals surface area contributed by atoms with E-state index in [-0.39, 0.29) is 5.41 Å². The first-order valence-corrected chi connectivity index (χ1v) is 6.12. The van der Waals surface area contributed by atoms with Crippen LogP contribution in [0.3, 0.4) is 0 Å². The molecule has 1 saturated carbocycles. The van der Waals surface area contributed by atoms with Crippen molar-refractivity contribution in [3.8, 4) is 12.3 Å². The topological polar surface area (TPSA) is 17.1 Å². The first-order valence-electron chi connectivity index (χ1n) is 6.12. The van der Waals surface area contributed by atoms with Gasteiger partial charge in [0, 0.05) is 18.3 Å². The minimum Gasteiger partial charge on any atom is -0.299 e. The molecule has 0 bridgehead atoms. The lowest BCUT2D eigenvalue weighted by Crippen LogP contribution is -2.28. The molecule has 1 fully saturated rings. The molecule has 0 amide bonds. The molecule has 0 heterocycles. The number of hydrogen-bond donors (Lipinski definition) is 0. The number of carbonyl (C=O) groups is 1. The smallest absolute Gasteiger partial charge is 0.139 e. The molecule has 0 aromatic rings. The van der Waals surface area contributed by atoms with Gasteiger partial charge in [0.1, 0.15) is 5.78 Å². The molecular weight excluding hydrogens is 184 g/mol. The van der Waals surface area contributed by atoms with Crippen LogP contribution in [0.15, 0.2) is 0 Å². The number of ketones is 1. The zero-order valence-electron chi connectivity index (χ0n) is 10.0. The van der Waals surface area contributed by atoms with Crippen molar-refractivity contribution in [2.24, 2.45) is 11.3 Å². The highest BCUT2D eigenvalue weighted by Gasteiger charge is 2.44. The quantitative estimate of drug-likeness (QED) is 0.496. The van der Waals surface area contributed by atoms with Crippen LogP contribution in [0.1, 0.15) is 58.8 Å². The van der Waals surface area contributed by atoms with E-state index in [9.17, 15) is 4.79 Å². The van der Waals surface area contributed by atoms with Crippen LogP contribution < -0.4 is 0 Å². The van der Waals surface area contributed by atoms with Gasteiger partial charge in [-0.1, -0.05) is 33.1 Å². The molecule has 0 unspecified atom stereocenters. The van der Waals surface area contributed by atoms with Crippen molar-refractivity contribution >= 4 is 5.78 Å². The third-order valence-electron chi connectivity index (χ3n) is 3.88. The van der Waals surface area contributed by atoms with Crippen LogP contribution in [0, 0.1) is 23.7 Å². The zero-order valence-corrected chi connectivity index (χ0v) is 10.0. The van der Waals surface area contributed by atoms with Crippen molar-refractivity contribution in [1.82, 2.24) is 0 Å². The van der Waals surface area contributed by atoms with Gasteiger partial charge < -0.3 is 0 Å². The van der Waals surface area contributed by atoms with E-state index >= 15 is 0 Å². The molecule has 1 aliphatic carbocycles. The molecule has 0 spiro atoms. The van der Waals surface area contributed by atoms with Gasteiger partial charge in [-0.3, -0.25) is 4.79 Å². The van der Waals surface area contributed by atoms with E-state index in [2.05, 4.69) is 19.8 Å². The summed E-state index contributed by atoms with van der Waals surface area (Å²) in [6, 6.07) is 0. The van der Waals surface area contributed by atoms with E-state index in [1.807, 2.05) is 0 Å². The van der Waals surface area contributed by atoms with Crippen LogP contribution >= 0.6 is 0 Å². The molecule has 1 heteroatoms. The number of unbranched alkanes of at least 4 members (excludes halogenated alkanes) is 2. The van der Waals surface area contributed by atoms with Crippen molar-refractivity contribution in [3.05, 3.63) is 0 Å². The predicted octanol–water partition coefficient (Wildman–Crippen LogP) is 3.58. The van der Waals surface area contributed by atoms with Crippen LogP contribution in [0.25, 0.3) is 0 Å². The van der Waals surface area contributed by atoms with Crippen LogP contribution in [0.2, 0.25) is 0 Å². The monoisotopic (exact) mass is 206 g/mol. The fourth-order valence-corrected chi connectivity index (χ4v) is 2.70. The standard InChI is InChI=1S/C14H22O/c1-4-6-7-8-12-9-10-13(15)14(12,3)11-5-2/h2,12H,4,6-11H2,1,3H3/t12-,14+/m1/s1. The van der Waals surface area contributed by atoms with Gasteiger partial charge in [0.25, 0.3) is 0 Å². The second-order valence-corrected chi connectivity index (χ2v) is 4.95. The second-order valence-electron chi connectivity index (χ2n) is 4.95. The summed E-state index contributed by atoms with van der Waals surface area (Å²) in [4.78, 5) is 11.8. The first kappa shape index (κ1) is 12.3. The molecule has 1 nitrogen and oxygen atoms in total. The van der Waals surface area contributed by atoms with Gasteiger partial charge in [0.05, 0.1) is 0 Å². The van der Waals surface area contributed by atoms with Gasteiger partial charge in [0.15, 0.2) is 0 Å². The molecular formula is C14H22O. The number of hydrogen-bond acceptors (Lipinski definition) is 1. The van der Waals surface area contributed by atoms with Crippen molar-refractivity contribution in [3.63, 3.8) is 0 Å². The zero-order chi connectivity index (χ0) is 11.3. The van der Waals surface area contributed by atoms with Gasteiger partial charge in [-0.25, -0.2) is 0 Å². The van der Waals surface area contributed by atoms with Crippen molar-refractivity contribution < 1.29 is 4.79 Å². The third-order valence-corrected chi connectivity index (χ3v) is 3.88. The Morgan fingerprint density at radius 2 is 2.27 bits per heavy atom. The van der Waals surface area contributed by atoms with Gasteiger partial charge in [-0.05, 0) is 18.8 Å². The summed E-state index contributed by atoms with van der Waals surface area (Å²) in [6.07, 6.45) is 12.7. The summed E-state index contributed by atoms with van der Waals surface area (Å²) in [5.74, 6) is 3.61. The molecule has 1 rings (SSSR count). The highest BCUT2D eigenvalue weighted by molar-refractivity contribution is 5.87. The largest absolute Gasteiger partial charge is 0.299 e. The molecule has 0 aromatic heterocycles. The Kier molecular flexibility index (Phi) is 4.39. The van der Waals surface area contributed by atoms with E-state index in [1.165, 1.54) is 25.7 Å². The number of carbonyl (C=O) groups excluding carboxylic acids is 1. The predicted molar refractivity (Wildman–Crippen MR) is 63.4 cm³/mol. The molecule has 0 saturated heterocycles. The van der Waals surface area contributed by atoms with E-state index in [0.717, 1.165) is 12.8 Å². The molecule has 0 radical (unpaired) electrons. The maximum atomic E-state index is 11.8. The van der Waals surface area contributed by atoms with E-state index in [1.54, 1.807) is 0 Å². The Hall–Kier alpha value is -0.770. The fourth-order valence-electron chi connectivity index (χ4n) is 2.70. The molecule has 0 aliphatic heterocycles. The number of rotatable bonds is 5. The minimum absolute atomic E-state index is 0.206. The molecule has 0 N–H and O–H groups in total. The van der Waals surface area contributed by atoms with Crippen LogP contribution in [0.4, 0.5) is 0 Å². The molecule has 1 aliphatic rings. The average molecular weight is 206 g/mol. The maximum absolute atomic E-state index is 11.8. The summed E-state index contributed by atoms with van der Waals surface area (Å²) in [7, 11) is 0. The van der Waals surface area contributed by atoms with Crippen LogP contribution in [-0.4, -0.2) is 5.78 Å². The average Bonchev–Trinajstić information content (AvgIpc) is 2.47. The Labute approximate surface area is 93.6 Å². The molecule has 84 valence electrons. The second kappa shape index (κ2) is 5.35. The SMILES string of the molecule is C#CC[C@]1(C)C(=O)CC[C@H]1CCCCC. The Balaban J connectivity index is 2.56. The molecule has 0 aromatic carbocycles. The van der Waals surface area contributed by atoms with Crippen molar-refractivity contribution in [1.29, 1.82) is 0 Å². The first-order chi connectivity index (χ1) is 7.15.